The number of sulfone groups is 1. The van der Waals surface area contributed by atoms with Gasteiger partial charge in [-0.05, 0) is 36.2 Å². The lowest BCUT2D eigenvalue weighted by molar-refractivity contribution is 0.475. The second-order valence-corrected chi connectivity index (χ2v) is 10.6. The molecule has 0 bridgehead atoms. The van der Waals surface area contributed by atoms with Gasteiger partial charge in [-0.25, -0.2) is 21.1 Å². The summed E-state index contributed by atoms with van der Waals surface area (Å²) in [6, 6.07) is 14.8. The summed E-state index contributed by atoms with van der Waals surface area (Å²) in [5.74, 6) is -0.189. The largest absolute Gasteiger partial charge is 0.223 e. The Morgan fingerprint density at radius 1 is 1.00 bits per heavy atom. The molecule has 1 unspecified atom stereocenters. The van der Waals surface area contributed by atoms with E-state index in [-0.39, 0.29) is 23.7 Å². The maximum atomic E-state index is 12.7. The van der Waals surface area contributed by atoms with Crippen LogP contribution in [0.3, 0.4) is 0 Å². The summed E-state index contributed by atoms with van der Waals surface area (Å²) in [4.78, 5) is 0.231. The molecule has 0 N–H and O–H groups in total. The van der Waals surface area contributed by atoms with Crippen LogP contribution in [-0.4, -0.2) is 39.5 Å². The van der Waals surface area contributed by atoms with Gasteiger partial charge in [0.2, 0.25) is 10.0 Å². The normalized spacial score (nSPS) is 19.2. The molecular formula is C17H18ClNO4S2. The fourth-order valence-electron chi connectivity index (χ4n) is 2.93. The van der Waals surface area contributed by atoms with Gasteiger partial charge in [-0.3, -0.25) is 0 Å². The van der Waals surface area contributed by atoms with Crippen molar-refractivity contribution in [1.29, 1.82) is 0 Å². The van der Waals surface area contributed by atoms with Gasteiger partial charge < -0.3 is 0 Å². The molecule has 5 nitrogen and oxygen atoms in total. The van der Waals surface area contributed by atoms with E-state index >= 15 is 0 Å². The van der Waals surface area contributed by atoms with E-state index in [1.807, 2.05) is 0 Å². The van der Waals surface area contributed by atoms with E-state index in [2.05, 4.69) is 0 Å². The van der Waals surface area contributed by atoms with Crippen molar-refractivity contribution in [3.8, 4) is 0 Å². The van der Waals surface area contributed by atoms with Crippen molar-refractivity contribution < 1.29 is 16.8 Å². The van der Waals surface area contributed by atoms with E-state index < -0.39 is 25.1 Å². The molecule has 2 aromatic rings. The third kappa shape index (κ3) is 4.06. The zero-order valence-corrected chi connectivity index (χ0v) is 15.8. The minimum absolute atomic E-state index is 0.0138. The molecule has 1 fully saturated rings. The van der Waals surface area contributed by atoms with Crippen molar-refractivity contribution >= 4 is 31.5 Å². The van der Waals surface area contributed by atoms with Crippen LogP contribution in [-0.2, 0) is 25.6 Å². The summed E-state index contributed by atoms with van der Waals surface area (Å²) in [5, 5.41) is -0.248. The van der Waals surface area contributed by atoms with Crippen molar-refractivity contribution in [2.24, 2.45) is 0 Å². The number of benzene rings is 2. The summed E-state index contributed by atoms with van der Waals surface area (Å²) in [7, 11) is -7.13. The second kappa shape index (κ2) is 7.07. The van der Waals surface area contributed by atoms with Crippen LogP contribution < -0.4 is 0 Å². The summed E-state index contributed by atoms with van der Waals surface area (Å²) < 4.78 is 51.8. The van der Waals surface area contributed by atoms with E-state index in [1.54, 1.807) is 54.6 Å². The molecule has 0 spiro atoms. The Morgan fingerprint density at radius 2 is 1.72 bits per heavy atom. The van der Waals surface area contributed by atoms with Crippen LogP contribution >= 0.6 is 11.6 Å². The Morgan fingerprint density at radius 3 is 2.40 bits per heavy atom. The molecule has 1 heterocycles. The molecule has 0 aromatic heterocycles. The Kier molecular flexibility index (Phi) is 5.20. The zero-order valence-electron chi connectivity index (χ0n) is 13.4. The molecule has 1 saturated heterocycles. The lowest BCUT2D eigenvalue weighted by Crippen LogP contribution is -2.32. The number of hydrogen-bond donors (Lipinski definition) is 0. The van der Waals surface area contributed by atoms with Gasteiger partial charge in [-0.1, -0.05) is 41.9 Å². The fourth-order valence-corrected chi connectivity index (χ4v) is 6.53. The summed E-state index contributed by atoms with van der Waals surface area (Å²) in [5.41, 5.74) is 0.585. The lowest BCUT2D eigenvalue weighted by Gasteiger charge is -2.17. The number of halogens is 1. The maximum Gasteiger partial charge on any atom is 0.218 e. The van der Waals surface area contributed by atoms with E-state index in [0.29, 0.717) is 17.0 Å². The average Bonchev–Trinajstić information content (AvgIpc) is 3.07. The van der Waals surface area contributed by atoms with Crippen molar-refractivity contribution in [3.05, 3.63) is 65.2 Å². The Hall–Kier alpha value is -1.41. The van der Waals surface area contributed by atoms with E-state index in [9.17, 15) is 16.8 Å². The number of rotatable bonds is 5. The fraction of sp³-hybridized carbons (Fsp3) is 0.294. The van der Waals surface area contributed by atoms with Crippen molar-refractivity contribution in [2.75, 3.05) is 13.1 Å². The first-order valence-electron chi connectivity index (χ1n) is 7.80. The van der Waals surface area contributed by atoms with Crippen LogP contribution in [0.4, 0.5) is 0 Å². The molecular weight excluding hydrogens is 382 g/mol. The van der Waals surface area contributed by atoms with E-state index in [0.717, 1.165) is 0 Å². The van der Waals surface area contributed by atoms with E-state index in [1.165, 1.54) is 4.31 Å². The predicted octanol–water partition coefficient (Wildman–Crippen LogP) is 2.72. The van der Waals surface area contributed by atoms with Gasteiger partial charge >= 0.3 is 0 Å². The summed E-state index contributed by atoms with van der Waals surface area (Å²) in [6.45, 7) is 0.194. The molecule has 134 valence electrons. The molecule has 8 heteroatoms. The third-order valence-electron chi connectivity index (χ3n) is 4.25. The van der Waals surface area contributed by atoms with Gasteiger partial charge in [0.15, 0.2) is 9.84 Å². The van der Waals surface area contributed by atoms with Gasteiger partial charge in [-0.15, -0.1) is 0 Å². The predicted molar refractivity (Wildman–Crippen MR) is 97.7 cm³/mol. The van der Waals surface area contributed by atoms with Crippen molar-refractivity contribution in [1.82, 2.24) is 4.31 Å². The van der Waals surface area contributed by atoms with Crippen LogP contribution in [0.1, 0.15) is 12.0 Å². The van der Waals surface area contributed by atoms with Gasteiger partial charge in [-0.2, -0.15) is 0 Å². The van der Waals surface area contributed by atoms with Gasteiger partial charge in [0, 0.05) is 18.1 Å². The molecule has 25 heavy (non-hydrogen) atoms. The van der Waals surface area contributed by atoms with Crippen LogP contribution in [0.25, 0.3) is 0 Å². The highest BCUT2D eigenvalue weighted by Gasteiger charge is 2.38. The lowest BCUT2D eigenvalue weighted by atomic mass is 10.2. The first-order chi connectivity index (χ1) is 11.8. The molecule has 2 aromatic carbocycles. The minimum atomic E-state index is -3.59. The molecule has 1 atom stereocenters. The van der Waals surface area contributed by atoms with Crippen LogP contribution in [0.15, 0.2) is 59.5 Å². The molecule has 1 aliphatic rings. The van der Waals surface area contributed by atoms with Gasteiger partial charge in [0.05, 0.1) is 15.9 Å². The smallest absolute Gasteiger partial charge is 0.218 e. The van der Waals surface area contributed by atoms with Crippen LogP contribution in [0.5, 0.6) is 0 Å². The second-order valence-electron chi connectivity index (χ2n) is 6.01. The Labute approximate surface area is 153 Å². The quantitative estimate of drug-likeness (QED) is 0.775. The molecule has 3 rings (SSSR count). The third-order valence-corrected chi connectivity index (χ3v) is 8.49. The van der Waals surface area contributed by atoms with Crippen molar-refractivity contribution in [3.63, 3.8) is 0 Å². The molecule has 1 aliphatic heterocycles. The molecule has 0 aliphatic carbocycles. The van der Waals surface area contributed by atoms with Crippen LogP contribution in [0.2, 0.25) is 5.02 Å². The number of nitrogens with zero attached hydrogens (tertiary/aromatic N) is 1. The SMILES string of the molecule is O=S(=O)(c1ccccc1)C1CCN(S(=O)(=O)Cc2cccc(Cl)c2)C1. The number of hydrogen-bond acceptors (Lipinski definition) is 4. The summed E-state index contributed by atoms with van der Waals surface area (Å²) in [6.07, 6.45) is 0.298. The first kappa shape index (κ1) is 18.4. The van der Waals surface area contributed by atoms with Gasteiger partial charge in [0.25, 0.3) is 0 Å². The van der Waals surface area contributed by atoms with Crippen LogP contribution in [0, 0.1) is 0 Å². The monoisotopic (exact) mass is 399 g/mol. The minimum Gasteiger partial charge on any atom is -0.223 e. The highest BCUT2D eigenvalue weighted by Crippen LogP contribution is 2.27. The molecule has 0 amide bonds. The highest BCUT2D eigenvalue weighted by molar-refractivity contribution is 7.92. The topological polar surface area (TPSA) is 71.5 Å². The average molecular weight is 400 g/mol. The standard InChI is InChI=1S/C17H18ClNO4S2/c18-15-6-4-5-14(11-15)13-24(20,21)19-10-9-17(12-19)25(22,23)16-7-2-1-3-8-16/h1-8,11,17H,9-10,12-13H2. The Balaban J connectivity index is 1.76. The summed E-state index contributed by atoms with van der Waals surface area (Å²) >= 11 is 5.90. The first-order valence-corrected chi connectivity index (χ1v) is 11.3. The van der Waals surface area contributed by atoms with Gasteiger partial charge in [0.1, 0.15) is 0 Å². The highest BCUT2D eigenvalue weighted by atomic mass is 35.5. The Bertz CT molecular complexity index is 959. The molecule has 0 saturated carbocycles. The van der Waals surface area contributed by atoms with Crippen molar-refractivity contribution in [2.45, 2.75) is 22.3 Å². The number of sulfonamides is 1. The maximum absolute atomic E-state index is 12.7. The molecule has 0 radical (unpaired) electrons. The van der Waals surface area contributed by atoms with E-state index in [4.69, 9.17) is 11.6 Å². The zero-order chi connectivity index (χ0) is 18.1.